The maximum Gasteiger partial charge on any atom is 0.306 e. The number of aryl methyl sites for hydroxylation is 1. The fraction of sp³-hybridized carbons (Fsp3) is 0.444. The van der Waals surface area contributed by atoms with Crippen molar-refractivity contribution in [2.45, 2.75) is 32.6 Å². The number of fused-ring (bicyclic) bond motifs is 1. The minimum Gasteiger partial charge on any atom is -0.481 e. The molecular weight excluding hydrogens is 292 g/mol. The molecule has 0 saturated heterocycles. The fourth-order valence-electron chi connectivity index (χ4n) is 3.56. The Labute approximate surface area is 135 Å². The minimum absolute atomic E-state index is 0.00897. The van der Waals surface area contributed by atoms with E-state index in [2.05, 4.69) is 29.4 Å². The number of carboxylic acids is 1. The maximum atomic E-state index is 12.2. The molecule has 1 fully saturated rings. The average molecular weight is 314 g/mol. The van der Waals surface area contributed by atoms with Crippen molar-refractivity contribution >= 4 is 22.8 Å². The Hall–Kier alpha value is -2.30. The molecule has 1 amide bonds. The number of carbonyl (C=O) groups excluding carboxylic acids is 1. The number of carbonyl (C=O) groups is 2. The Morgan fingerprint density at radius 1 is 1.30 bits per heavy atom. The zero-order valence-electron chi connectivity index (χ0n) is 13.3. The Balaban J connectivity index is 1.55. The van der Waals surface area contributed by atoms with Gasteiger partial charge in [0.15, 0.2) is 0 Å². The first-order chi connectivity index (χ1) is 11.1. The minimum atomic E-state index is -0.783. The summed E-state index contributed by atoms with van der Waals surface area (Å²) in [7, 11) is 0. The van der Waals surface area contributed by atoms with Crippen molar-refractivity contribution in [1.29, 1.82) is 0 Å². The van der Waals surface area contributed by atoms with Crippen LogP contribution in [-0.2, 0) is 16.0 Å². The predicted molar refractivity (Wildman–Crippen MR) is 88.2 cm³/mol. The van der Waals surface area contributed by atoms with E-state index >= 15 is 0 Å². The Morgan fingerprint density at radius 3 is 2.83 bits per heavy atom. The first kappa shape index (κ1) is 15.6. The van der Waals surface area contributed by atoms with Crippen molar-refractivity contribution in [3.05, 3.63) is 35.5 Å². The molecule has 0 unspecified atom stereocenters. The largest absolute Gasteiger partial charge is 0.481 e. The smallest absolute Gasteiger partial charge is 0.306 e. The zero-order valence-corrected chi connectivity index (χ0v) is 13.3. The number of nitrogens with one attached hydrogen (secondary N) is 2. The first-order valence-corrected chi connectivity index (χ1v) is 8.12. The SMILES string of the molecule is Cc1cccc2[nH]cc(CCNC(=O)[C@@H]3CC[C@H](C(=O)O)C3)c12. The Kier molecular flexibility index (Phi) is 4.37. The molecule has 1 aliphatic rings. The van der Waals surface area contributed by atoms with E-state index in [-0.39, 0.29) is 17.7 Å². The highest BCUT2D eigenvalue weighted by atomic mass is 16.4. The molecule has 3 N–H and O–H groups in total. The van der Waals surface area contributed by atoms with Crippen LogP contribution in [0.3, 0.4) is 0 Å². The fourth-order valence-corrected chi connectivity index (χ4v) is 3.56. The molecule has 0 radical (unpaired) electrons. The van der Waals surface area contributed by atoms with Crippen LogP contribution in [0, 0.1) is 18.8 Å². The van der Waals surface area contributed by atoms with Crippen LogP contribution in [0.15, 0.2) is 24.4 Å². The van der Waals surface area contributed by atoms with Crippen molar-refractivity contribution in [2.75, 3.05) is 6.54 Å². The van der Waals surface area contributed by atoms with Crippen LogP contribution in [0.1, 0.15) is 30.4 Å². The van der Waals surface area contributed by atoms with Gasteiger partial charge in [0, 0.05) is 29.6 Å². The van der Waals surface area contributed by atoms with Gasteiger partial charge in [-0.05, 0) is 49.8 Å². The van der Waals surface area contributed by atoms with Gasteiger partial charge in [-0.1, -0.05) is 12.1 Å². The second kappa shape index (κ2) is 6.44. The van der Waals surface area contributed by atoms with Gasteiger partial charge in [0.1, 0.15) is 0 Å². The number of H-pyrrole nitrogens is 1. The summed E-state index contributed by atoms with van der Waals surface area (Å²) in [5, 5.41) is 13.2. The van der Waals surface area contributed by atoms with Gasteiger partial charge in [0.25, 0.3) is 0 Å². The summed E-state index contributed by atoms with van der Waals surface area (Å²) >= 11 is 0. The number of aliphatic carboxylic acids is 1. The van der Waals surface area contributed by atoms with Crippen molar-refractivity contribution < 1.29 is 14.7 Å². The molecule has 1 aromatic heterocycles. The van der Waals surface area contributed by atoms with Crippen LogP contribution in [0.25, 0.3) is 10.9 Å². The standard InChI is InChI=1S/C18H22N2O3/c1-11-3-2-4-15-16(11)14(10-20-15)7-8-19-17(21)12-5-6-13(9-12)18(22)23/h2-4,10,12-13,20H,5-9H2,1H3,(H,19,21)(H,22,23)/t12-,13+/m1/s1. The van der Waals surface area contributed by atoms with Crippen LogP contribution in [-0.4, -0.2) is 28.5 Å². The molecule has 23 heavy (non-hydrogen) atoms. The number of hydrogen-bond donors (Lipinski definition) is 3. The van der Waals surface area contributed by atoms with Gasteiger partial charge in [-0.25, -0.2) is 0 Å². The van der Waals surface area contributed by atoms with Gasteiger partial charge < -0.3 is 15.4 Å². The molecule has 2 atom stereocenters. The van der Waals surface area contributed by atoms with Crippen LogP contribution in [0.4, 0.5) is 0 Å². The number of aromatic nitrogens is 1. The third-order valence-corrected chi connectivity index (χ3v) is 4.84. The molecule has 1 saturated carbocycles. The van der Waals surface area contributed by atoms with Gasteiger partial charge in [-0.15, -0.1) is 0 Å². The lowest BCUT2D eigenvalue weighted by molar-refractivity contribution is -0.141. The zero-order chi connectivity index (χ0) is 16.4. The van der Waals surface area contributed by atoms with Crippen LogP contribution in [0.5, 0.6) is 0 Å². The highest BCUT2D eigenvalue weighted by Gasteiger charge is 2.33. The lowest BCUT2D eigenvalue weighted by Crippen LogP contribution is -2.31. The summed E-state index contributed by atoms with van der Waals surface area (Å²) in [5.41, 5.74) is 3.55. The highest BCUT2D eigenvalue weighted by molar-refractivity contribution is 5.86. The van der Waals surface area contributed by atoms with Gasteiger partial charge >= 0.3 is 5.97 Å². The van der Waals surface area contributed by atoms with E-state index in [9.17, 15) is 9.59 Å². The number of amides is 1. The molecule has 0 bridgehead atoms. The molecule has 0 aliphatic heterocycles. The van der Waals surface area contributed by atoms with Crippen LogP contribution in [0.2, 0.25) is 0 Å². The Bertz CT molecular complexity index is 735. The number of hydrogen-bond acceptors (Lipinski definition) is 2. The highest BCUT2D eigenvalue weighted by Crippen LogP contribution is 2.31. The summed E-state index contributed by atoms with van der Waals surface area (Å²) in [5.74, 6) is -1.30. The molecule has 0 spiro atoms. The van der Waals surface area contributed by atoms with Crippen molar-refractivity contribution in [2.24, 2.45) is 11.8 Å². The van der Waals surface area contributed by atoms with E-state index in [0.29, 0.717) is 25.8 Å². The maximum absolute atomic E-state index is 12.2. The van der Waals surface area contributed by atoms with Crippen molar-refractivity contribution in [3.63, 3.8) is 0 Å². The lowest BCUT2D eigenvalue weighted by Gasteiger charge is -2.10. The van der Waals surface area contributed by atoms with E-state index < -0.39 is 5.97 Å². The van der Waals surface area contributed by atoms with Gasteiger partial charge in [-0.2, -0.15) is 0 Å². The molecule has 1 aliphatic carbocycles. The molecule has 5 heteroatoms. The van der Waals surface area contributed by atoms with E-state index in [1.54, 1.807) is 0 Å². The topological polar surface area (TPSA) is 82.2 Å². The summed E-state index contributed by atoms with van der Waals surface area (Å²) in [6.07, 6.45) is 4.52. The Morgan fingerprint density at radius 2 is 2.09 bits per heavy atom. The molecular formula is C18H22N2O3. The van der Waals surface area contributed by atoms with Crippen molar-refractivity contribution in [3.8, 4) is 0 Å². The van der Waals surface area contributed by atoms with E-state index in [1.165, 1.54) is 16.5 Å². The quantitative estimate of drug-likeness (QED) is 0.793. The molecule has 5 nitrogen and oxygen atoms in total. The monoisotopic (exact) mass is 314 g/mol. The summed E-state index contributed by atoms with van der Waals surface area (Å²) in [4.78, 5) is 26.4. The van der Waals surface area contributed by atoms with E-state index in [1.807, 2.05) is 12.3 Å². The second-order valence-corrected chi connectivity index (χ2v) is 6.40. The van der Waals surface area contributed by atoms with E-state index in [4.69, 9.17) is 5.11 Å². The molecule has 1 aromatic carbocycles. The third kappa shape index (κ3) is 3.23. The summed E-state index contributed by atoms with van der Waals surface area (Å²) in [6.45, 7) is 2.66. The summed E-state index contributed by atoms with van der Waals surface area (Å²) < 4.78 is 0. The van der Waals surface area contributed by atoms with Gasteiger partial charge in [-0.3, -0.25) is 9.59 Å². The van der Waals surface area contributed by atoms with Gasteiger partial charge in [0.2, 0.25) is 5.91 Å². The number of rotatable bonds is 5. The molecule has 122 valence electrons. The van der Waals surface area contributed by atoms with Crippen LogP contribution >= 0.6 is 0 Å². The lowest BCUT2D eigenvalue weighted by atomic mass is 10.0. The molecule has 3 rings (SSSR count). The second-order valence-electron chi connectivity index (χ2n) is 6.40. The predicted octanol–water partition coefficient (Wildman–Crippen LogP) is 2.64. The molecule has 1 heterocycles. The average Bonchev–Trinajstić information content (AvgIpc) is 3.15. The van der Waals surface area contributed by atoms with Gasteiger partial charge in [0.05, 0.1) is 5.92 Å². The van der Waals surface area contributed by atoms with E-state index in [0.717, 1.165) is 11.9 Å². The number of carboxylic acid groups (broad SMARTS) is 1. The molecule has 2 aromatic rings. The number of benzene rings is 1. The van der Waals surface area contributed by atoms with Crippen LogP contribution < -0.4 is 5.32 Å². The first-order valence-electron chi connectivity index (χ1n) is 8.12. The summed E-state index contributed by atoms with van der Waals surface area (Å²) in [6, 6.07) is 6.16. The normalized spacial score (nSPS) is 20.7. The third-order valence-electron chi connectivity index (χ3n) is 4.84. The number of aromatic amines is 1. The van der Waals surface area contributed by atoms with Crippen molar-refractivity contribution in [1.82, 2.24) is 10.3 Å².